The van der Waals surface area contributed by atoms with E-state index in [0.717, 1.165) is 5.56 Å². The van der Waals surface area contributed by atoms with Gasteiger partial charge in [0.1, 0.15) is 5.75 Å². The molecule has 41 heavy (non-hydrogen) atoms. The minimum atomic E-state index is -1.33. The fourth-order valence-electron chi connectivity index (χ4n) is 4.35. The summed E-state index contributed by atoms with van der Waals surface area (Å²) in [5, 5.41) is 6.33. The fourth-order valence-corrected chi connectivity index (χ4v) is 5.53. The van der Waals surface area contributed by atoms with Gasteiger partial charge in [0.2, 0.25) is 6.17 Å². The lowest BCUT2D eigenvalue weighted by molar-refractivity contribution is -0.117. The number of ether oxygens (including phenoxy) is 2. The summed E-state index contributed by atoms with van der Waals surface area (Å²) >= 11 is 25.7. The zero-order chi connectivity index (χ0) is 29.1. The highest BCUT2D eigenvalue weighted by Crippen LogP contribution is 2.42. The zero-order valence-corrected chi connectivity index (χ0v) is 24.4. The van der Waals surface area contributed by atoms with Crippen molar-refractivity contribution in [2.24, 2.45) is 4.99 Å². The quantitative estimate of drug-likeness (QED) is 0.227. The predicted octanol–water partition coefficient (Wildman–Crippen LogP) is 7.94. The van der Waals surface area contributed by atoms with Crippen LogP contribution in [0.3, 0.4) is 0 Å². The Morgan fingerprint density at radius 3 is 2.27 bits per heavy atom. The lowest BCUT2D eigenvalue weighted by Crippen LogP contribution is -2.43. The molecule has 0 unspecified atom stereocenters. The van der Waals surface area contributed by atoms with Gasteiger partial charge in [-0.15, -0.1) is 0 Å². The molecular weight excluding hydrogens is 608 g/mol. The molecule has 4 aromatic carbocycles. The van der Waals surface area contributed by atoms with E-state index >= 15 is 0 Å². The standard InChI is InChI=1S/C30H21Cl4N3O4/c1-40-18-14-22(33)25(23(34)15-18)27(19-12-11-17(31)13-21(19)32)41-30(39)37-28-29(38)35-24-10-6-5-9-20(24)26(36-28)16-7-3-2-4-8-16/h2-15,27-28H,1H3,(H,35,38)(H,37,39)/t27-,28-/m0/s1. The molecule has 1 aliphatic heterocycles. The van der Waals surface area contributed by atoms with E-state index in [2.05, 4.69) is 15.6 Å². The van der Waals surface area contributed by atoms with Crippen molar-refractivity contribution >= 4 is 69.8 Å². The van der Waals surface area contributed by atoms with Crippen LogP contribution in [0.5, 0.6) is 5.75 Å². The van der Waals surface area contributed by atoms with Crippen molar-refractivity contribution in [1.29, 1.82) is 0 Å². The number of hydrogen-bond acceptors (Lipinski definition) is 5. The van der Waals surface area contributed by atoms with Gasteiger partial charge >= 0.3 is 6.09 Å². The van der Waals surface area contributed by atoms with Crippen molar-refractivity contribution in [3.05, 3.63) is 127 Å². The maximum Gasteiger partial charge on any atom is 0.410 e. The average Bonchev–Trinajstić information content (AvgIpc) is 3.08. The molecule has 4 aromatic rings. The highest BCUT2D eigenvalue weighted by atomic mass is 35.5. The molecule has 0 saturated heterocycles. The average molecular weight is 629 g/mol. The van der Waals surface area contributed by atoms with Crippen LogP contribution in [-0.2, 0) is 9.53 Å². The van der Waals surface area contributed by atoms with Crippen LogP contribution in [0.1, 0.15) is 28.4 Å². The number of benzene rings is 4. The number of anilines is 1. The van der Waals surface area contributed by atoms with Crippen LogP contribution < -0.4 is 15.4 Å². The first-order chi connectivity index (χ1) is 19.7. The highest BCUT2D eigenvalue weighted by molar-refractivity contribution is 6.37. The fraction of sp³-hybridized carbons (Fsp3) is 0.100. The van der Waals surface area contributed by atoms with Crippen LogP contribution in [0, 0.1) is 0 Å². The van der Waals surface area contributed by atoms with Gasteiger partial charge in [0.25, 0.3) is 5.91 Å². The lowest BCUT2D eigenvalue weighted by Gasteiger charge is -2.23. The third-order valence-electron chi connectivity index (χ3n) is 6.27. The van der Waals surface area contributed by atoms with Gasteiger partial charge in [-0.3, -0.25) is 10.1 Å². The zero-order valence-electron chi connectivity index (χ0n) is 21.3. The Bertz CT molecular complexity index is 1640. The molecule has 2 N–H and O–H groups in total. The van der Waals surface area contributed by atoms with Gasteiger partial charge < -0.3 is 14.8 Å². The highest BCUT2D eigenvalue weighted by Gasteiger charge is 2.31. The molecular formula is C30H21Cl4N3O4. The van der Waals surface area contributed by atoms with Gasteiger partial charge in [-0.25, -0.2) is 9.79 Å². The number of amides is 2. The van der Waals surface area contributed by atoms with Crippen LogP contribution >= 0.6 is 46.4 Å². The van der Waals surface area contributed by atoms with Crippen LogP contribution in [0.25, 0.3) is 0 Å². The van der Waals surface area contributed by atoms with Crippen molar-refractivity contribution in [2.75, 3.05) is 12.4 Å². The molecule has 208 valence electrons. The molecule has 1 aliphatic rings. The van der Waals surface area contributed by atoms with E-state index in [4.69, 9.17) is 55.9 Å². The van der Waals surface area contributed by atoms with E-state index in [9.17, 15) is 9.59 Å². The van der Waals surface area contributed by atoms with Crippen molar-refractivity contribution in [3.8, 4) is 5.75 Å². The number of rotatable bonds is 6. The largest absolute Gasteiger partial charge is 0.497 e. The third-order valence-corrected chi connectivity index (χ3v) is 7.46. The number of alkyl carbamates (subject to hydrolysis) is 1. The summed E-state index contributed by atoms with van der Waals surface area (Å²) in [5.41, 5.74) is 3.17. The van der Waals surface area contributed by atoms with E-state index in [1.165, 1.54) is 25.3 Å². The Morgan fingerprint density at radius 2 is 1.59 bits per heavy atom. The summed E-state index contributed by atoms with van der Waals surface area (Å²) in [4.78, 5) is 31.2. The van der Waals surface area contributed by atoms with Crippen LogP contribution in [0.15, 0.2) is 89.9 Å². The summed E-state index contributed by atoms with van der Waals surface area (Å²) in [6.45, 7) is 0. The number of benzodiazepines with no additional fused rings is 1. The lowest BCUT2D eigenvalue weighted by atomic mass is 10.0. The summed E-state index contributed by atoms with van der Waals surface area (Å²) in [7, 11) is 1.47. The van der Waals surface area contributed by atoms with Crippen LogP contribution in [0.4, 0.5) is 10.5 Å². The van der Waals surface area contributed by atoms with Crippen LogP contribution in [0.2, 0.25) is 20.1 Å². The summed E-state index contributed by atoms with van der Waals surface area (Å²) < 4.78 is 11.1. The normalized spacial score (nSPS) is 15.1. The van der Waals surface area contributed by atoms with E-state index in [-0.39, 0.29) is 20.6 Å². The molecule has 0 bridgehead atoms. The number of aliphatic imine (C=N–C) groups is 1. The first-order valence-electron chi connectivity index (χ1n) is 12.2. The summed E-state index contributed by atoms with van der Waals surface area (Å²) in [6.07, 6.45) is -3.46. The summed E-state index contributed by atoms with van der Waals surface area (Å²) in [6, 6.07) is 24.3. The number of nitrogens with one attached hydrogen (secondary N) is 2. The third kappa shape index (κ3) is 6.29. The molecule has 2 atom stereocenters. The summed E-state index contributed by atoms with van der Waals surface area (Å²) in [5.74, 6) is -0.145. The second-order valence-electron chi connectivity index (χ2n) is 8.88. The number of carbonyl (C=O) groups is 2. The predicted molar refractivity (Wildman–Crippen MR) is 162 cm³/mol. The maximum absolute atomic E-state index is 13.4. The molecule has 0 spiro atoms. The van der Waals surface area contributed by atoms with Gasteiger partial charge in [0, 0.05) is 32.3 Å². The minimum absolute atomic E-state index is 0.171. The molecule has 0 aliphatic carbocycles. The number of fused-ring (bicyclic) bond motifs is 1. The van der Waals surface area contributed by atoms with Crippen molar-refractivity contribution in [1.82, 2.24) is 5.32 Å². The number of para-hydroxylation sites is 1. The van der Waals surface area contributed by atoms with Gasteiger partial charge in [-0.05, 0) is 30.3 Å². The number of methoxy groups -OCH3 is 1. The van der Waals surface area contributed by atoms with Gasteiger partial charge in [0.15, 0.2) is 6.10 Å². The molecule has 11 heteroatoms. The maximum atomic E-state index is 13.4. The number of nitrogens with zero attached hydrogens (tertiary/aromatic N) is 1. The van der Waals surface area contributed by atoms with E-state index in [1.807, 2.05) is 42.5 Å². The Hall–Kier alpha value is -3.75. The van der Waals surface area contributed by atoms with Crippen molar-refractivity contribution in [3.63, 3.8) is 0 Å². The molecule has 0 fully saturated rings. The Morgan fingerprint density at radius 1 is 0.902 bits per heavy atom. The first kappa shape index (κ1) is 28.8. The molecule has 0 radical (unpaired) electrons. The monoisotopic (exact) mass is 627 g/mol. The molecule has 1 heterocycles. The minimum Gasteiger partial charge on any atom is -0.497 e. The van der Waals surface area contributed by atoms with Gasteiger partial charge in [0.05, 0.1) is 28.6 Å². The molecule has 2 amide bonds. The van der Waals surface area contributed by atoms with E-state index in [0.29, 0.717) is 33.3 Å². The number of hydrogen-bond donors (Lipinski definition) is 2. The first-order valence-corrected chi connectivity index (χ1v) is 13.7. The topological polar surface area (TPSA) is 89.0 Å². The number of carbonyl (C=O) groups excluding carboxylic acids is 2. The molecule has 7 nitrogen and oxygen atoms in total. The second kappa shape index (κ2) is 12.4. The van der Waals surface area contributed by atoms with Crippen molar-refractivity contribution < 1.29 is 19.1 Å². The van der Waals surface area contributed by atoms with E-state index < -0.39 is 24.3 Å². The van der Waals surface area contributed by atoms with Gasteiger partial charge in [-0.1, -0.05) is 101 Å². The van der Waals surface area contributed by atoms with Crippen LogP contribution in [-0.4, -0.2) is 31.0 Å². The number of halogens is 4. The molecule has 0 saturated carbocycles. The molecule has 0 aromatic heterocycles. The van der Waals surface area contributed by atoms with Crippen molar-refractivity contribution in [2.45, 2.75) is 12.3 Å². The van der Waals surface area contributed by atoms with E-state index in [1.54, 1.807) is 24.3 Å². The molecule has 5 rings (SSSR count). The Kier molecular flexibility index (Phi) is 8.71. The SMILES string of the molecule is COc1cc(Cl)c([C@@H](OC(=O)N[C@@H]2N=C(c3ccccc3)c3ccccc3NC2=O)c2ccc(Cl)cc2Cl)c(Cl)c1. The Balaban J connectivity index is 1.51. The van der Waals surface area contributed by atoms with Gasteiger partial charge in [-0.2, -0.15) is 0 Å². The smallest absolute Gasteiger partial charge is 0.410 e. The second-order valence-corrected chi connectivity index (χ2v) is 10.5. The Labute approximate surface area is 256 Å².